The highest BCUT2D eigenvalue weighted by Crippen LogP contribution is 2.51. The van der Waals surface area contributed by atoms with Crippen LogP contribution in [0.1, 0.15) is 46.5 Å². The van der Waals surface area contributed by atoms with Gasteiger partial charge in [-0.25, -0.2) is 0 Å². The molecule has 0 atom stereocenters. The molecule has 1 heterocycles. The second-order valence-corrected chi connectivity index (χ2v) is 13.8. The Morgan fingerprint density at radius 3 is 1.84 bits per heavy atom. The second kappa shape index (κ2) is 11.0. The first-order valence-corrected chi connectivity index (χ1v) is 17.0. The molecule has 49 heavy (non-hydrogen) atoms. The zero-order valence-corrected chi connectivity index (χ0v) is 27.9. The lowest BCUT2D eigenvalue weighted by Gasteiger charge is -2.21. The van der Waals surface area contributed by atoms with Crippen molar-refractivity contribution in [3.63, 3.8) is 0 Å². The van der Waals surface area contributed by atoms with Gasteiger partial charge in [-0.2, -0.15) is 0 Å². The van der Waals surface area contributed by atoms with Crippen molar-refractivity contribution in [3.8, 4) is 39.1 Å². The number of hydrogen-bond donors (Lipinski definition) is 0. The molecule has 2 nitrogen and oxygen atoms in total. The minimum Gasteiger partial charge on any atom is -0.309 e. The summed E-state index contributed by atoms with van der Waals surface area (Å²) < 4.78 is 2.40. The zero-order valence-electron chi connectivity index (χ0n) is 27.9. The fourth-order valence-corrected chi connectivity index (χ4v) is 7.94. The Morgan fingerprint density at radius 2 is 1.10 bits per heavy atom. The lowest BCUT2D eigenvalue weighted by atomic mass is 9.82. The molecule has 0 amide bonds. The first kappa shape index (κ1) is 29.2. The van der Waals surface area contributed by atoms with Gasteiger partial charge in [0.2, 0.25) is 0 Å². The first-order valence-electron chi connectivity index (χ1n) is 17.0. The van der Waals surface area contributed by atoms with Crippen LogP contribution in [0.2, 0.25) is 0 Å². The van der Waals surface area contributed by atoms with Crippen LogP contribution in [0.15, 0.2) is 158 Å². The molecule has 0 fully saturated rings. The molecule has 0 bridgehead atoms. The minimum absolute atomic E-state index is 0.0207. The zero-order chi connectivity index (χ0) is 33.3. The highest BCUT2D eigenvalue weighted by Gasteiger charge is 2.36. The van der Waals surface area contributed by atoms with Crippen LogP contribution in [0.4, 0.5) is 0 Å². The van der Waals surface area contributed by atoms with Crippen molar-refractivity contribution in [2.75, 3.05) is 0 Å². The molecule has 9 rings (SSSR count). The highest BCUT2D eigenvalue weighted by molar-refractivity contribution is 6.12. The monoisotopic (exact) mass is 629 g/mol. The van der Waals surface area contributed by atoms with Gasteiger partial charge in [0.1, 0.15) is 0 Å². The summed E-state index contributed by atoms with van der Waals surface area (Å²) in [7, 11) is 0. The van der Waals surface area contributed by atoms with Gasteiger partial charge in [-0.3, -0.25) is 4.79 Å². The fourth-order valence-electron chi connectivity index (χ4n) is 7.94. The van der Waals surface area contributed by atoms with Crippen molar-refractivity contribution in [1.29, 1.82) is 0 Å². The molecular weight excluding hydrogens is 595 g/mol. The van der Waals surface area contributed by atoms with Crippen molar-refractivity contribution in [2.45, 2.75) is 26.2 Å². The normalized spacial score (nSPS) is 13.0. The summed E-state index contributed by atoms with van der Waals surface area (Å²) in [5, 5.41) is 2.50. The van der Waals surface area contributed by atoms with Crippen LogP contribution in [0.25, 0.3) is 60.9 Å². The van der Waals surface area contributed by atoms with Crippen LogP contribution < -0.4 is 0 Å². The van der Waals surface area contributed by atoms with E-state index < -0.39 is 0 Å². The number of benzene rings is 7. The SMILES string of the molecule is Cc1cccc(-c2cccc(C(=O)c3cccc(-c4cccc(-n5c6ccccc6c6cc7c(cc65)C(C)(C)c5ccccc5-7)c4)c3)c2)c1. The summed E-state index contributed by atoms with van der Waals surface area (Å²) in [4.78, 5) is 13.9. The Labute approximate surface area is 286 Å². The largest absolute Gasteiger partial charge is 0.309 e. The number of carbonyl (C=O) groups is 1. The van der Waals surface area contributed by atoms with Crippen molar-refractivity contribution in [2.24, 2.45) is 0 Å². The van der Waals surface area contributed by atoms with Gasteiger partial charge < -0.3 is 4.57 Å². The standard InChI is InChI=1S/C47H35NO/c1-30-12-8-13-31(24-30)32-14-9-17-35(25-32)46(49)36-18-10-15-33(26-36)34-16-11-19-37(27-34)48-44-23-7-5-21-39(44)41-28-40-38-20-4-6-22-42(38)47(2,3)43(40)29-45(41)48/h4-29H,1-3H3. The van der Waals surface area contributed by atoms with E-state index in [1.54, 1.807) is 0 Å². The van der Waals surface area contributed by atoms with E-state index in [2.05, 4.69) is 147 Å². The lowest BCUT2D eigenvalue weighted by Crippen LogP contribution is -2.14. The maximum Gasteiger partial charge on any atom is 0.193 e. The maximum absolute atomic E-state index is 13.9. The van der Waals surface area contributed by atoms with Gasteiger partial charge in [0.15, 0.2) is 5.78 Å². The van der Waals surface area contributed by atoms with E-state index in [0.29, 0.717) is 11.1 Å². The molecular formula is C47H35NO. The summed E-state index contributed by atoms with van der Waals surface area (Å²) in [6.45, 7) is 6.76. The van der Waals surface area contributed by atoms with E-state index in [0.717, 1.165) is 27.9 Å². The van der Waals surface area contributed by atoms with E-state index >= 15 is 0 Å². The predicted molar refractivity (Wildman–Crippen MR) is 204 cm³/mol. The molecule has 0 spiro atoms. The summed E-state index contributed by atoms with van der Waals surface area (Å²) in [6, 6.07) is 55.4. The molecule has 0 unspecified atom stereocenters. The summed E-state index contributed by atoms with van der Waals surface area (Å²) >= 11 is 0. The van der Waals surface area contributed by atoms with Crippen LogP contribution in [0.5, 0.6) is 0 Å². The summed E-state index contributed by atoms with van der Waals surface area (Å²) in [6.07, 6.45) is 0. The third-order valence-electron chi connectivity index (χ3n) is 10.4. The highest BCUT2D eigenvalue weighted by atomic mass is 16.1. The van der Waals surface area contributed by atoms with Crippen molar-refractivity contribution in [1.82, 2.24) is 4.57 Å². The smallest absolute Gasteiger partial charge is 0.193 e. The van der Waals surface area contributed by atoms with Gasteiger partial charge in [-0.15, -0.1) is 0 Å². The number of aryl methyl sites for hydroxylation is 1. The van der Waals surface area contributed by atoms with Gasteiger partial charge in [-0.05, 0) is 93.9 Å². The number of ketones is 1. The maximum atomic E-state index is 13.9. The molecule has 2 heteroatoms. The molecule has 1 aliphatic rings. The van der Waals surface area contributed by atoms with Crippen molar-refractivity contribution < 1.29 is 4.79 Å². The molecule has 7 aromatic carbocycles. The van der Waals surface area contributed by atoms with Crippen LogP contribution >= 0.6 is 0 Å². The van der Waals surface area contributed by atoms with Gasteiger partial charge in [0.25, 0.3) is 0 Å². The van der Waals surface area contributed by atoms with Crippen LogP contribution in [-0.2, 0) is 5.41 Å². The Kier molecular flexibility index (Phi) is 6.57. The number of para-hydroxylation sites is 1. The fraction of sp³-hybridized carbons (Fsp3) is 0.0851. The van der Waals surface area contributed by atoms with Gasteiger partial charge >= 0.3 is 0 Å². The topological polar surface area (TPSA) is 22.0 Å². The molecule has 8 aromatic rings. The molecule has 234 valence electrons. The van der Waals surface area contributed by atoms with E-state index in [1.165, 1.54) is 49.6 Å². The lowest BCUT2D eigenvalue weighted by molar-refractivity contribution is 0.103. The van der Waals surface area contributed by atoms with Crippen molar-refractivity contribution in [3.05, 3.63) is 186 Å². The third-order valence-corrected chi connectivity index (χ3v) is 10.4. The van der Waals surface area contributed by atoms with E-state index in [1.807, 2.05) is 36.4 Å². The number of hydrogen-bond acceptors (Lipinski definition) is 1. The number of rotatable bonds is 5. The minimum atomic E-state index is -0.0875. The first-order chi connectivity index (χ1) is 23.9. The van der Waals surface area contributed by atoms with Gasteiger partial charge in [-0.1, -0.05) is 135 Å². The summed E-state index contributed by atoms with van der Waals surface area (Å²) in [5.74, 6) is 0.0207. The average Bonchev–Trinajstić information content (AvgIpc) is 3.58. The van der Waals surface area contributed by atoms with E-state index in [4.69, 9.17) is 0 Å². The molecule has 0 radical (unpaired) electrons. The number of fused-ring (bicyclic) bond motifs is 6. The van der Waals surface area contributed by atoms with Crippen LogP contribution in [0.3, 0.4) is 0 Å². The van der Waals surface area contributed by atoms with Gasteiger partial charge in [0.05, 0.1) is 11.0 Å². The Balaban J connectivity index is 1.13. The number of aromatic nitrogens is 1. The van der Waals surface area contributed by atoms with E-state index in [-0.39, 0.29) is 11.2 Å². The molecule has 0 saturated heterocycles. The average molecular weight is 630 g/mol. The second-order valence-electron chi connectivity index (χ2n) is 13.8. The Hall–Kier alpha value is -5.99. The van der Waals surface area contributed by atoms with E-state index in [9.17, 15) is 4.79 Å². The van der Waals surface area contributed by atoms with Crippen LogP contribution in [-0.4, -0.2) is 10.4 Å². The number of nitrogens with zero attached hydrogens (tertiary/aromatic N) is 1. The predicted octanol–water partition coefficient (Wildman–Crippen LogP) is 12.0. The molecule has 0 aliphatic heterocycles. The molecule has 1 aliphatic carbocycles. The van der Waals surface area contributed by atoms with Crippen molar-refractivity contribution >= 4 is 27.6 Å². The summed E-state index contributed by atoms with van der Waals surface area (Å²) in [5.41, 5.74) is 15.6. The van der Waals surface area contributed by atoms with Gasteiger partial charge in [0, 0.05) is 33.0 Å². The van der Waals surface area contributed by atoms with Crippen LogP contribution in [0, 0.1) is 6.92 Å². The third kappa shape index (κ3) is 4.67. The molecule has 1 aromatic heterocycles. The molecule has 0 saturated carbocycles. The molecule has 0 N–H and O–H groups in total. The quantitative estimate of drug-likeness (QED) is 0.174. The Morgan fingerprint density at radius 1 is 0.490 bits per heavy atom. The Bertz CT molecular complexity index is 2620. The number of carbonyl (C=O) groups excluding carboxylic acids is 1.